The zero-order valence-corrected chi connectivity index (χ0v) is 23.1. The smallest absolute Gasteiger partial charge is 0.341 e. The Balaban J connectivity index is 1.52. The van der Waals surface area contributed by atoms with Crippen LogP contribution in [0.1, 0.15) is 34.3 Å². The Hall–Kier alpha value is -4.26. The number of alkyl halides is 6. The van der Waals surface area contributed by atoms with Crippen LogP contribution in [-0.4, -0.2) is 42.9 Å². The van der Waals surface area contributed by atoms with Gasteiger partial charge in [-0.05, 0) is 61.4 Å². The van der Waals surface area contributed by atoms with Crippen molar-refractivity contribution >= 4 is 46.4 Å². The molecule has 5 rings (SSSR count). The highest BCUT2D eigenvalue weighted by Crippen LogP contribution is 2.43. The lowest BCUT2D eigenvalue weighted by molar-refractivity contribution is -0.143. The monoisotopic (exact) mass is 624 g/mol. The molecule has 14 heteroatoms. The first-order valence-corrected chi connectivity index (χ1v) is 13.3. The number of rotatable bonds is 5. The molecule has 3 aromatic rings. The number of hydrogen-bond donors (Lipinski definition) is 2. The molecule has 3 amide bonds. The second kappa shape index (κ2) is 10.8. The molecule has 1 heterocycles. The fourth-order valence-corrected chi connectivity index (χ4v) is 5.03. The second-order valence-electron chi connectivity index (χ2n) is 10.3. The average molecular weight is 625 g/mol. The molecule has 0 spiro atoms. The minimum Gasteiger partial charge on any atom is -0.341 e. The first kappa shape index (κ1) is 30.2. The Labute approximate surface area is 246 Å². The normalized spacial score (nSPS) is 18.0. The predicted molar refractivity (Wildman–Crippen MR) is 146 cm³/mol. The minimum atomic E-state index is -5.11. The maximum atomic E-state index is 13.7. The predicted octanol–water partition coefficient (Wildman–Crippen LogP) is 5.94. The van der Waals surface area contributed by atoms with Gasteiger partial charge in [0.25, 0.3) is 11.8 Å². The van der Waals surface area contributed by atoms with Crippen molar-refractivity contribution in [3.63, 3.8) is 0 Å². The molecular formula is C29H23ClF6N4O3. The Morgan fingerprint density at radius 1 is 0.884 bits per heavy atom. The molecular weight excluding hydrogens is 602 g/mol. The van der Waals surface area contributed by atoms with Gasteiger partial charge in [-0.2, -0.15) is 26.3 Å². The molecule has 1 fully saturated rings. The van der Waals surface area contributed by atoms with Gasteiger partial charge in [-0.15, -0.1) is 0 Å². The third-order valence-electron chi connectivity index (χ3n) is 7.35. The Kier molecular flexibility index (Phi) is 7.57. The molecule has 1 saturated carbocycles. The highest BCUT2D eigenvalue weighted by atomic mass is 35.5. The zero-order valence-electron chi connectivity index (χ0n) is 22.3. The van der Waals surface area contributed by atoms with Gasteiger partial charge in [-0.3, -0.25) is 14.4 Å². The number of benzene rings is 3. The van der Waals surface area contributed by atoms with Gasteiger partial charge >= 0.3 is 12.4 Å². The topological polar surface area (TPSA) is 81.8 Å². The van der Waals surface area contributed by atoms with E-state index in [0.29, 0.717) is 17.7 Å². The third-order valence-corrected chi connectivity index (χ3v) is 7.58. The van der Waals surface area contributed by atoms with E-state index in [4.69, 9.17) is 11.6 Å². The van der Waals surface area contributed by atoms with Crippen molar-refractivity contribution in [1.82, 2.24) is 10.6 Å². The van der Waals surface area contributed by atoms with E-state index in [1.807, 2.05) is 0 Å². The Morgan fingerprint density at radius 2 is 1.49 bits per heavy atom. The van der Waals surface area contributed by atoms with Crippen molar-refractivity contribution < 1.29 is 40.7 Å². The first-order chi connectivity index (χ1) is 20.1. The van der Waals surface area contributed by atoms with Gasteiger partial charge in [0.2, 0.25) is 5.91 Å². The van der Waals surface area contributed by atoms with E-state index in [0.717, 1.165) is 9.80 Å². The highest BCUT2D eigenvalue weighted by Gasteiger charge is 2.52. The molecule has 1 atom stereocenters. The van der Waals surface area contributed by atoms with E-state index in [1.165, 1.54) is 25.2 Å². The molecule has 2 aliphatic rings. The van der Waals surface area contributed by atoms with Crippen molar-refractivity contribution in [2.45, 2.75) is 36.8 Å². The summed E-state index contributed by atoms with van der Waals surface area (Å²) >= 11 is 6.13. The number of likely N-dealkylation sites (N-methyl/N-ethyl adjacent to an activating group) is 1. The van der Waals surface area contributed by atoms with Crippen LogP contribution in [0.4, 0.5) is 43.4 Å². The lowest BCUT2D eigenvalue weighted by Crippen LogP contribution is -2.57. The number of anilines is 3. The molecule has 43 heavy (non-hydrogen) atoms. The Morgan fingerprint density at radius 3 is 2.05 bits per heavy atom. The van der Waals surface area contributed by atoms with Crippen molar-refractivity contribution in [3.8, 4) is 0 Å². The van der Waals surface area contributed by atoms with Crippen LogP contribution in [-0.2, 0) is 21.9 Å². The van der Waals surface area contributed by atoms with E-state index in [-0.39, 0.29) is 35.3 Å². The van der Waals surface area contributed by atoms with Gasteiger partial charge in [0.05, 0.1) is 29.0 Å². The molecule has 1 aliphatic carbocycles. The second-order valence-corrected chi connectivity index (χ2v) is 10.8. The van der Waals surface area contributed by atoms with E-state index in [2.05, 4.69) is 10.6 Å². The van der Waals surface area contributed by atoms with Crippen LogP contribution in [0.25, 0.3) is 0 Å². The summed E-state index contributed by atoms with van der Waals surface area (Å²) in [6.07, 6.45) is -9.70. The van der Waals surface area contributed by atoms with Crippen LogP contribution >= 0.6 is 11.6 Å². The number of fused-ring (bicyclic) bond motifs is 1. The third kappa shape index (κ3) is 6.12. The molecule has 226 valence electrons. The summed E-state index contributed by atoms with van der Waals surface area (Å²) < 4.78 is 82.3. The standard InChI is InChI=1S/C29H23ClF6N4O3/c1-39-23-14-19(30)7-8-22(23)40(20-12-17(28(31,32)33)11-18(13-20)29(34,35)36)15-21(25(39)42)37-26(43)27(9-10-27)38-24(41)16-5-3-2-4-6-16/h2-8,11-14,21H,9-10,15H2,1H3,(H,37,43)(H,38,41)/t21-/m1/s1. The lowest BCUT2D eigenvalue weighted by Gasteiger charge is -2.29. The number of carbonyl (C=O) groups is 3. The van der Waals surface area contributed by atoms with Crippen LogP contribution in [0, 0.1) is 0 Å². The fourth-order valence-electron chi connectivity index (χ4n) is 4.86. The Bertz CT molecular complexity index is 1560. The van der Waals surface area contributed by atoms with Gasteiger partial charge < -0.3 is 20.4 Å². The molecule has 2 N–H and O–H groups in total. The van der Waals surface area contributed by atoms with Crippen LogP contribution in [0.5, 0.6) is 0 Å². The molecule has 0 unspecified atom stereocenters. The summed E-state index contributed by atoms with van der Waals surface area (Å²) in [5.41, 5.74) is -4.45. The summed E-state index contributed by atoms with van der Waals surface area (Å²) in [7, 11) is 1.34. The summed E-state index contributed by atoms with van der Waals surface area (Å²) in [5, 5.41) is 5.40. The van der Waals surface area contributed by atoms with E-state index < -0.39 is 65.0 Å². The van der Waals surface area contributed by atoms with E-state index in [9.17, 15) is 40.7 Å². The quantitative estimate of drug-likeness (QED) is 0.345. The van der Waals surface area contributed by atoms with Crippen molar-refractivity contribution in [3.05, 3.63) is 88.4 Å². The summed E-state index contributed by atoms with van der Waals surface area (Å²) in [5.74, 6) is -1.94. The SMILES string of the molecule is CN1C(=O)[C@H](NC(=O)C2(NC(=O)c3ccccc3)CC2)CN(c2cc(C(F)(F)F)cc(C(F)(F)F)c2)c2ccc(Cl)cc21. The van der Waals surface area contributed by atoms with E-state index in [1.54, 1.807) is 30.3 Å². The molecule has 0 radical (unpaired) electrons. The maximum absolute atomic E-state index is 13.7. The zero-order chi connectivity index (χ0) is 31.3. The number of hydrogen-bond acceptors (Lipinski definition) is 4. The molecule has 1 aliphatic heterocycles. The van der Waals surface area contributed by atoms with Crippen LogP contribution < -0.4 is 20.4 Å². The maximum Gasteiger partial charge on any atom is 0.416 e. The highest BCUT2D eigenvalue weighted by molar-refractivity contribution is 6.31. The number of halogens is 7. The molecule has 7 nitrogen and oxygen atoms in total. The van der Waals surface area contributed by atoms with Crippen molar-refractivity contribution in [2.24, 2.45) is 0 Å². The van der Waals surface area contributed by atoms with Gasteiger partial charge in [0.1, 0.15) is 11.6 Å². The number of carbonyl (C=O) groups excluding carboxylic acids is 3. The van der Waals surface area contributed by atoms with Crippen molar-refractivity contribution in [1.29, 1.82) is 0 Å². The average Bonchev–Trinajstić information content (AvgIpc) is 3.75. The first-order valence-electron chi connectivity index (χ1n) is 12.9. The van der Waals surface area contributed by atoms with Gasteiger partial charge in [-0.1, -0.05) is 29.8 Å². The summed E-state index contributed by atoms with van der Waals surface area (Å²) in [6.45, 7) is -0.523. The number of amides is 3. The van der Waals surface area contributed by atoms with Gasteiger partial charge in [0, 0.05) is 23.3 Å². The summed E-state index contributed by atoms with van der Waals surface area (Å²) in [6, 6.07) is 11.9. The molecule has 0 aromatic heterocycles. The molecule has 0 saturated heterocycles. The van der Waals surface area contributed by atoms with Crippen LogP contribution in [0.3, 0.4) is 0 Å². The van der Waals surface area contributed by atoms with Gasteiger partial charge in [0.15, 0.2) is 0 Å². The molecule has 3 aromatic carbocycles. The number of nitrogens with zero attached hydrogens (tertiary/aromatic N) is 2. The van der Waals surface area contributed by atoms with Gasteiger partial charge in [-0.25, -0.2) is 0 Å². The number of nitrogens with one attached hydrogen (secondary N) is 2. The van der Waals surface area contributed by atoms with Crippen LogP contribution in [0.15, 0.2) is 66.7 Å². The van der Waals surface area contributed by atoms with Crippen molar-refractivity contribution in [2.75, 3.05) is 23.4 Å². The molecule has 0 bridgehead atoms. The lowest BCUT2D eigenvalue weighted by atomic mass is 10.1. The summed E-state index contributed by atoms with van der Waals surface area (Å²) in [4.78, 5) is 42.0. The van der Waals surface area contributed by atoms with E-state index >= 15 is 0 Å². The van der Waals surface area contributed by atoms with Crippen LogP contribution in [0.2, 0.25) is 5.02 Å². The minimum absolute atomic E-state index is 0.00684. The largest absolute Gasteiger partial charge is 0.416 e. The fraction of sp³-hybridized carbons (Fsp3) is 0.276.